The van der Waals surface area contributed by atoms with Gasteiger partial charge in [-0.25, -0.2) is 13.6 Å². The second-order valence-electron chi connectivity index (χ2n) is 4.56. The number of aliphatic carboxylic acids is 1. The Morgan fingerprint density at radius 2 is 1.78 bits per heavy atom. The highest BCUT2D eigenvalue weighted by molar-refractivity contribution is 5.94. The summed E-state index contributed by atoms with van der Waals surface area (Å²) in [6.07, 6.45) is -3.13. The lowest BCUT2D eigenvalue weighted by Crippen LogP contribution is -2.42. The van der Waals surface area contributed by atoms with Crippen molar-refractivity contribution in [2.45, 2.75) is 33.1 Å². The van der Waals surface area contributed by atoms with Crippen LogP contribution >= 0.6 is 0 Å². The largest absolute Gasteiger partial charge is 0.481 e. The number of hydrogen-bond donors (Lipinski definition) is 3. The standard InChI is InChI=1S/C10H16F2N2O4/c1-10(2,4-8(16)17)3-7(15)14-9(18)13-5-6(11)12/h6H,3-5H2,1-2H3,(H,16,17)(H2,13,14,15,18). The predicted molar refractivity (Wildman–Crippen MR) is 58.2 cm³/mol. The summed E-state index contributed by atoms with van der Waals surface area (Å²) in [4.78, 5) is 32.8. The highest BCUT2D eigenvalue weighted by Gasteiger charge is 2.26. The quantitative estimate of drug-likeness (QED) is 0.667. The predicted octanol–water partition coefficient (Wildman–Crippen LogP) is 0.968. The minimum absolute atomic E-state index is 0.193. The van der Waals surface area contributed by atoms with Crippen LogP contribution in [0, 0.1) is 5.41 Å². The van der Waals surface area contributed by atoms with Crippen molar-refractivity contribution in [3.05, 3.63) is 0 Å². The molecule has 0 aromatic carbocycles. The smallest absolute Gasteiger partial charge is 0.321 e. The Bertz CT molecular complexity index is 332. The van der Waals surface area contributed by atoms with Crippen LogP contribution in [0.25, 0.3) is 0 Å². The zero-order valence-electron chi connectivity index (χ0n) is 10.1. The van der Waals surface area contributed by atoms with Gasteiger partial charge in [0.05, 0.1) is 13.0 Å². The number of hydrogen-bond acceptors (Lipinski definition) is 3. The Morgan fingerprint density at radius 1 is 1.22 bits per heavy atom. The number of carboxylic acid groups (broad SMARTS) is 1. The van der Waals surface area contributed by atoms with Gasteiger partial charge in [0.1, 0.15) is 0 Å². The number of nitrogens with one attached hydrogen (secondary N) is 2. The van der Waals surface area contributed by atoms with Crippen molar-refractivity contribution in [3.8, 4) is 0 Å². The first kappa shape index (κ1) is 16.3. The molecule has 0 fully saturated rings. The number of imide groups is 1. The van der Waals surface area contributed by atoms with Crippen LogP contribution in [0.3, 0.4) is 0 Å². The molecule has 0 spiro atoms. The van der Waals surface area contributed by atoms with Crippen LogP contribution in [0.1, 0.15) is 26.7 Å². The summed E-state index contributed by atoms with van der Waals surface area (Å²) in [5.74, 6) is -1.78. The maximum absolute atomic E-state index is 11.8. The van der Waals surface area contributed by atoms with Crippen LogP contribution in [-0.2, 0) is 9.59 Å². The molecule has 3 N–H and O–H groups in total. The number of alkyl halides is 2. The fraction of sp³-hybridized carbons (Fsp3) is 0.700. The lowest BCUT2D eigenvalue weighted by Gasteiger charge is -2.21. The lowest BCUT2D eigenvalue weighted by atomic mass is 9.85. The Balaban J connectivity index is 4.10. The van der Waals surface area contributed by atoms with Gasteiger partial charge in [-0.15, -0.1) is 0 Å². The van der Waals surface area contributed by atoms with Gasteiger partial charge in [-0.2, -0.15) is 0 Å². The Hall–Kier alpha value is -1.73. The Morgan fingerprint density at radius 3 is 2.22 bits per heavy atom. The third-order valence-electron chi connectivity index (χ3n) is 1.94. The van der Waals surface area contributed by atoms with E-state index in [2.05, 4.69) is 0 Å². The zero-order chi connectivity index (χ0) is 14.3. The van der Waals surface area contributed by atoms with Gasteiger partial charge in [-0.05, 0) is 5.41 Å². The zero-order valence-corrected chi connectivity index (χ0v) is 10.1. The van der Waals surface area contributed by atoms with E-state index in [0.29, 0.717) is 0 Å². The molecule has 8 heteroatoms. The topological polar surface area (TPSA) is 95.5 Å². The Kier molecular flexibility index (Phi) is 6.21. The molecule has 0 heterocycles. The number of halogens is 2. The average Bonchev–Trinajstić information content (AvgIpc) is 2.10. The summed E-state index contributed by atoms with van der Waals surface area (Å²) >= 11 is 0. The highest BCUT2D eigenvalue weighted by atomic mass is 19.3. The van der Waals surface area contributed by atoms with Crippen molar-refractivity contribution in [3.63, 3.8) is 0 Å². The summed E-state index contributed by atoms with van der Waals surface area (Å²) in [5, 5.41) is 12.2. The third-order valence-corrected chi connectivity index (χ3v) is 1.94. The number of rotatable bonds is 6. The van der Waals surface area contributed by atoms with E-state index in [9.17, 15) is 23.2 Å². The monoisotopic (exact) mass is 266 g/mol. The molecule has 0 saturated heterocycles. The molecule has 0 aromatic heterocycles. The molecule has 0 aliphatic heterocycles. The maximum Gasteiger partial charge on any atom is 0.321 e. The molecule has 6 nitrogen and oxygen atoms in total. The normalized spacial score (nSPS) is 11.2. The third kappa shape index (κ3) is 8.43. The average molecular weight is 266 g/mol. The van der Waals surface area contributed by atoms with E-state index in [1.54, 1.807) is 19.2 Å². The van der Waals surface area contributed by atoms with Crippen molar-refractivity contribution in [2.75, 3.05) is 6.54 Å². The van der Waals surface area contributed by atoms with Crippen LogP contribution in [0.4, 0.5) is 13.6 Å². The van der Waals surface area contributed by atoms with Crippen LogP contribution in [-0.4, -0.2) is 36.0 Å². The van der Waals surface area contributed by atoms with Crippen molar-refractivity contribution in [1.82, 2.24) is 10.6 Å². The molecular weight excluding hydrogens is 250 g/mol. The minimum atomic E-state index is -2.70. The second kappa shape index (κ2) is 6.87. The molecule has 0 atom stereocenters. The van der Waals surface area contributed by atoms with Gasteiger partial charge < -0.3 is 10.4 Å². The van der Waals surface area contributed by atoms with Crippen LogP contribution < -0.4 is 10.6 Å². The summed E-state index contributed by atoms with van der Waals surface area (Å²) in [7, 11) is 0. The van der Waals surface area contributed by atoms with E-state index in [1.807, 2.05) is 5.32 Å². The first-order valence-electron chi connectivity index (χ1n) is 5.20. The number of carbonyl (C=O) groups is 3. The maximum atomic E-state index is 11.8. The van der Waals surface area contributed by atoms with Crippen LogP contribution in [0.5, 0.6) is 0 Å². The second-order valence-corrected chi connectivity index (χ2v) is 4.56. The molecule has 3 amide bonds. The molecule has 0 saturated carbocycles. The molecule has 0 bridgehead atoms. The van der Waals surface area contributed by atoms with Crippen molar-refractivity contribution < 1.29 is 28.3 Å². The number of urea groups is 1. The van der Waals surface area contributed by atoms with Gasteiger partial charge in [0.2, 0.25) is 5.91 Å². The molecule has 0 radical (unpaired) electrons. The van der Waals surface area contributed by atoms with Gasteiger partial charge >= 0.3 is 12.0 Å². The van der Waals surface area contributed by atoms with E-state index >= 15 is 0 Å². The summed E-state index contributed by atoms with van der Waals surface area (Å²) in [5.41, 5.74) is -0.821. The van der Waals surface area contributed by atoms with Gasteiger partial charge in [0.25, 0.3) is 6.43 Å². The number of amides is 3. The fourth-order valence-corrected chi connectivity index (χ4v) is 1.29. The van der Waals surface area contributed by atoms with E-state index in [-0.39, 0.29) is 12.8 Å². The molecule has 0 aliphatic carbocycles. The van der Waals surface area contributed by atoms with Crippen molar-refractivity contribution in [1.29, 1.82) is 0 Å². The highest BCUT2D eigenvalue weighted by Crippen LogP contribution is 2.24. The van der Waals surface area contributed by atoms with E-state index in [4.69, 9.17) is 5.11 Å². The van der Waals surface area contributed by atoms with Gasteiger partial charge in [0.15, 0.2) is 0 Å². The molecule has 18 heavy (non-hydrogen) atoms. The minimum Gasteiger partial charge on any atom is -0.481 e. The molecule has 104 valence electrons. The van der Waals surface area contributed by atoms with Gasteiger partial charge in [0, 0.05) is 6.42 Å². The Labute approximate surface area is 103 Å². The van der Waals surface area contributed by atoms with Crippen molar-refractivity contribution in [2.24, 2.45) is 5.41 Å². The van der Waals surface area contributed by atoms with Gasteiger partial charge in [-0.1, -0.05) is 13.8 Å². The van der Waals surface area contributed by atoms with E-state index in [1.165, 1.54) is 0 Å². The molecule has 0 rings (SSSR count). The summed E-state index contributed by atoms with van der Waals surface area (Å²) < 4.78 is 23.5. The van der Waals surface area contributed by atoms with Gasteiger partial charge in [-0.3, -0.25) is 14.9 Å². The van der Waals surface area contributed by atoms with E-state index < -0.39 is 36.3 Å². The number of carbonyl (C=O) groups excluding carboxylic acids is 2. The molecule has 0 aliphatic rings. The summed E-state index contributed by atoms with van der Waals surface area (Å²) in [6.45, 7) is 2.26. The van der Waals surface area contributed by atoms with Crippen LogP contribution in [0.2, 0.25) is 0 Å². The number of carboxylic acids is 1. The molecule has 0 unspecified atom stereocenters. The van der Waals surface area contributed by atoms with Crippen LogP contribution in [0.15, 0.2) is 0 Å². The SMILES string of the molecule is CC(C)(CC(=O)O)CC(=O)NC(=O)NCC(F)F. The first-order chi connectivity index (χ1) is 8.12. The molecular formula is C10H16F2N2O4. The molecule has 0 aromatic rings. The van der Waals surface area contributed by atoms with E-state index in [0.717, 1.165) is 0 Å². The summed E-state index contributed by atoms with van der Waals surface area (Å²) in [6, 6.07) is -1.02. The fourth-order valence-electron chi connectivity index (χ4n) is 1.29. The first-order valence-corrected chi connectivity index (χ1v) is 5.20. The lowest BCUT2D eigenvalue weighted by molar-refractivity contribution is -0.139. The van der Waals surface area contributed by atoms with Crippen molar-refractivity contribution >= 4 is 17.9 Å².